The molecule has 0 unspecified atom stereocenters. The molecule has 0 radical (unpaired) electrons. The zero-order valence-corrected chi connectivity index (χ0v) is 12.4. The Balaban J connectivity index is 2.38. The van der Waals surface area contributed by atoms with Crippen LogP contribution in [-0.4, -0.2) is 13.4 Å². The second kappa shape index (κ2) is 5.44. The van der Waals surface area contributed by atoms with Gasteiger partial charge in [-0.15, -0.1) is 0 Å². The largest absolute Gasteiger partial charge is 0.277 e. The molecule has 0 aliphatic heterocycles. The van der Waals surface area contributed by atoms with Crippen molar-refractivity contribution >= 4 is 43.2 Å². The van der Waals surface area contributed by atoms with Crippen molar-refractivity contribution in [1.29, 1.82) is 0 Å². The van der Waals surface area contributed by atoms with Gasteiger partial charge in [0.25, 0.3) is 10.0 Å². The molecule has 4 nitrogen and oxygen atoms in total. The van der Waals surface area contributed by atoms with E-state index < -0.39 is 15.8 Å². The first-order chi connectivity index (χ1) is 8.90. The summed E-state index contributed by atoms with van der Waals surface area (Å²) in [6.45, 7) is 0. The van der Waals surface area contributed by atoms with Gasteiger partial charge in [-0.3, -0.25) is 9.71 Å². The topological polar surface area (TPSA) is 59.1 Å². The van der Waals surface area contributed by atoms with Crippen molar-refractivity contribution in [1.82, 2.24) is 4.98 Å². The number of hydrogen-bond donors (Lipinski definition) is 1. The number of anilines is 1. The Morgan fingerprint density at radius 1 is 1.32 bits per heavy atom. The summed E-state index contributed by atoms with van der Waals surface area (Å²) >= 11 is 8.92. The summed E-state index contributed by atoms with van der Waals surface area (Å²) < 4.78 is 40.0. The van der Waals surface area contributed by atoms with E-state index in [1.54, 1.807) is 0 Å². The highest BCUT2D eigenvalue weighted by Crippen LogP contribution is 2.26. The van der Waals surface area contributed by atoms with Gasteiger partial charge in [0.15, 0.2) is 5.82 Å². The Labute approximate surface area is 122 Å². The van der Waals surface area contributed by atoms with Crippen molar-refractivity contribution in [3.63, 3.8) is 0 Å². The predicted octanol–water partition coefficient (Wildman–Crippen LogP) is 3.44. The van der Waals surface area contributed by atoms with Crippen LogP contribution in [0.2, 0.25) is 5.02 Å². The maximum atomic E-state index is 13.4. The zero-order valence-electron chi connectivity index (χ0n) is 9.27. The van der Waals surface area contributed by atoms with Crippen LogP contribution in [-0.2, 0) is 10.0 Å². The summed E-state index contributed by atoms with van der Waals surface area (Å²) in [4.78, 5) is 3.51. The van der Waals surface area contributed by atoms with Crippen molar-refractivity contribution in [2.24, 2.45) is 0 Å². The fourth-order valence-electron chi connectivity index (χ4n) is 1.31. The standard InChI is InChI=1S/C11H7BrClFN2O2S/c12-8-5-7(1-2-9(8)13)19(17,18)16-11-3-4-15-6-10(11)14/h1-6H,(H,15,16). The van der Waals surface area contributed by atoms with Crippen molar-refractivity contribution in [3.8, 4) is 0 Å². The normalized spacial score (nSPS) is 11.3. The molecular weight excluding hydrogens is 359 g/mol. The lowest BCUT2D eigenvalue weighted by Gasteiger charge is -2.09. The summed E-state index contributed by atoms with van der Waals surface area (Å²) in [6.07, 6.45) is 2.22. The van der Waals surface area contributed by atoms with E-state index in [0.29, 0.717) is 9.50 Å². The highest BCUT2D eigenvalue weighted by molar-refractivity contribution is 9.10. The summed E-state index contributed by atoms with van der Waals surface area (Å²) in [5.41, 5.74) is -0.166. The van der Waals surface area contributed by atoms with Gasteiger partial charge in [-0.25, -0.2) is 12.8 Å². The molecule has 8 heteroatoms. The number of sulfonamides is 1. The zero-order chi connectivity index (χ0) is 14.0. The Bertz CT molecular complexity index is 724. The third kappa shape index (κ3) is 3.23. The fraction of sp³-hybridized carbons (Fsp3) is 0. The minimum Gasteiger partial charge on any atom is -0.277 e. The molecule has 0 fully saturated rings. The highest BCUT2D eigenvalue weighted by Gasteiger charge is 2.17. The second-order valence-corrected chi connectivity index (χ2v) is 6.48. The van der Waals surface area contributed by atoms with Crippen LogP contribution in [0.4, 0.5) is 10.1 Å². The number of pyridine rings is 1. The second-order valence-electron chi connectivity index (χ2n) is 3.54. The molecule has 0 bridgehead atoms. The SMILES string of the molecule is O=S(=O)(Nc1ccncc1F)c1ccc(Cl)c(Br)c1. The Hall–Kier alpha value is -1.18. The Kier molecular flexibility index (Phi) is 4.07. The van der Waals surface area contributed by atoms with E-state index in [4.69, 9.17) is 11.6 Å². The summed E-state index contributed by atoms with van der Waals surface area (Å²) in [5.74, 6) is -0.751. The van der Waals surface area contributed by atoms with Gasteiger partial charge in [0.1, 0.15) is 0 Å². The number of nitrogens with one attached hydrogen (secondary N) is 1. The lowest BCUT2D eigenvalue weighted by atomic mass is 10.4. The average Bonchev–Trinajstić information content (AvgIpc) is 2.35. The maximum Gasteiger partial charge on any atom is 0.262 e. The van der Waals surface area contributed by atoms with Crippen LogP contribution in [0.15, 0.2) is 46.0 Å². The van der Waals surface area contributed by atoms with E-state index in [2.05, 4.69) is 25.6 Å². The van der Waals surface area contributed by atoms with Gasteiger partial charge in [0, 0.05) is 10.7 Å². The van der Waals surface area contributed by atoms with Crippen molar-refractivity contribution in [2.75, 3.05) is 4.72 Å². The molecular formula is C11H7BrClFN2O2S. The smallest absolute Gasteiger partial charge is 0.262 e. The molecule has 1 heterocycles. The van der Waals surface area contributed by atoms with Crippen molar-refractivity contribution in [2.45, 2.75) is 4.90 Å². The lowest BCUT2D eigenvalue weighted by molar-refractivity contribution is 0.598. The van der Waals surface area contributed by atoms with Gasteiger partial charge < -0.3 is 0 Å². The van der Waals surface area contributed by atoms with Crippen LogP contribution >= 0.6 is 27.5 Å². The molecule has 19 heavy (non-hydrogen) atoms. The minimum atomic E-state index is -3.88. The quantitative estimate of drug-likeness (QED) is 0.906. The maximum absolute atomic E-state index is 13.4. The minimum absolute atomic E-state index is 0.0278. The number of rotatable bonds is 3. The molecule has 0 atom stereocenters. The van der Waals surface area contributed by atoms with E-state index in [1.165, 1.54) is 30.5 Å². The number of aromatic nitrogens is 1. The molecule has 0 aliphatic rings. The first-order valence-electron chi connectivity index (χ1n) is 4.97. The molecule has 0 saturated carbocycles. The molecule has 0 saturated heterocycles. The lowest BCUT2D eigenvalue weighted by Crippen LogP contribution is -2.14. The molecule has 100 valence electrons. The first kappa shape index (κ1) is 14.2. The fourth-order valence-corrected chi connectivity index (χ4v) is 3.05. The molecule has 0 spiro atoms. The summed E-state index contributed by atoms with van der Waals surface area (Å²) in [6, 6.07) is 5.33. The molecule has 2 aromatic rings. The molecule has 1 aromatic heterocycles. The Morgan fingerprint density at radius 2 is 2.05 bits per heavy atom. The number of benzene rings is 1. The van der Waals surface area contributed by atoms with E-state index in [9.17, 15) is 12.8 Å². The monoisotopic (exact) mass is 364 g/mol. The van der Waals surface area contributed by atoms with Crippen LogP contribution in [0.1, 0.15) is 0 Å². The van der Waals surface area contributed by atoms with Gasteiger partial charge in [-0.2, -0.15) is 0 Å². The van der Waals surface area contributed by atoms with Gasteiger partial charge >= 0.3 is 0 Å². The van der Waals surface area contributed by atoms with Crippen molar-refractivity contribution < 1.29 is 12.8 Å². The number of halogens is 3. The predicted molar refractivity (Wildman–Crippen MR) is 74.2 cm³/mol. The average molecular weight is 366 g/mol. The van der Waals surface area contributed by atoms with Gasteiger partial charge in [-0.1, -0.05) is 11.6 Å². The first-order valence-corrected chi connectivity index (χ1v) is 7.63. The van der Waals surface area contributed by atoms with Crippen LogP contribution in [0.3, 0.4) is 0 Å². The third-order valence-corrected chi connectivity index (χ3v) is 4.80. The third-order valence-electron chi connectivity index (χ3n) is 2.22. The number of hydrogen-bond acceptors (Lipinski definition) is 3. The van der Waals surface area contributed by atoms with Crippen LogP contribution in [0, 0.1) is 5.82 Å². The molecule has 0 amide bonds. The van der Waals surface area contributed by atoms with E-state index >= 15 is 0 Å². The molecule has 0 aliphatic carbocycles. The van der Waals surface area contributed by atoms with Crippen molar-refractivity contribution in [3.05, 3.63) is 52.0 Å². The van der Waals surface area contributed by atoms with Gasteiger partial charge in [-0.05, 0) is 40.2 Å². The van der Waals surface area contributed by atoms with Gasteiger partial charge in [0.05, 0.1) is 21.8 Å². The molecule has 2 rings (SSSR count). The van der Waals surface area contributed by atoms with Crippen LogP contribution in [0.25, 0.3) is 0 Å². The molecule has 1 aromatic carbocycles. The van der Waals surface area contributed by atoms with E-state index in [1.807, 2.05) is 0 Å². The van der Waals surface area contributed by atoms with Crippen LogP contribution in [0.5, 0.6) is 0 Å². The van der Waals surface area contributed by atoms with Crippen LogP contribution < -0.4 is 4.72 Å². The van der Waals surface area contributed by atoms with E-state index in [-0.39, 0.29) is 10.6 Å². The summed E-state index contributed by atoms with van der Waals surface area (Å²) in [5, 5.41) is 0.383. The van der Waals surface area contributed by atoms with E-state index in [0.717, 1.165) is 6.20 Å². The molecule has 1 N–H and O–H groups in total. The van der Waals surface area contributed by atoms with Gasteiger partial charge in [0.2, 0.25) is 0 Å². The Morgan fingerprint density at radius 3 is 2.68 bits per heavy atom. The highest BCUT2D eigenvalue weighted by atomic mass is 79.9. The number of nitrogens with zero attached hydrogens (tertiary/aromatic N) is 1. The summed E-state index contributed by atoms with van der Waals surface area (Å²) in [7, 11) is -3.88.